The summed E-state index contributed by atoms with van der Waals surface area (Å²) in [6.07, 6.45) is 2.38. The van der Waals surface area contributed by atoms with Gasteiger partial charge >= 0.3 is 0 Å². The molecule has 1 aliphatic heterocycles. The molecular weight excluding hydrogens is 362 g/mol. The minimum absolute atomic E-state index is 0.00159. The number of anilines is 1. The Morgan fingerprint density at radius 1 is 1.35 bits per heavy atom. The number of guanidine groups is 1. The van der Waals surface area contributed by atoms with Gasteiger partial charge in [-0.3, -0.25) is 4.99 Å². The van der Waals surface area contributed by atoms with E-state index in [4.69, 9.17) is 0 Å². The molecule has 9 heteroatoms. The van der Waals surface area contributed by atoms with Crippen molar-refractivity contribution in [3.63, 3.8) is 0 Å². The van der Waals surface area contributed by atoms with E-state index in [2.05, 4.69) is 15.6 Å². The third-order valence-corrected chi connectivity index (χ3v) is 5.10. The maximum Gasteiger partial charge on any atom is 0.191 e. The van der Waals surface area contributed by atoms with Crippen LogP contribution in [0.1, 0.15) is 19.8 Å². The number of nitrogens with zero attached hydrogens (tertiary/aromatic N) is 2. The van der Waals surface area contributed by atoms with Gasteiger partial charge in [-0.05, 0) is 31.9 Å². The van der Waals surface area contributed by atoms with Crippen LogP contribution < -0.4 is 15.5 Å². The van der Waals surface area contributed by atoms with Gasteiger partial charge in [0, 0.05) is 38.5 Å². The van der Waals surface area contributed by atoms with Crippen molar-refractivity contribution in [3.8, 4) is 0 Å². The smallest absolute Gasteiger partial charge is 0.191 e. The Balaban J connectivity index is 1.93. The summed E-state index contributed by atoms with van der Waals surface area (Å²) in [5.41, 5.74) is 0.00638. The van der Waals surface area contributed by atoms with Crippen LogP contribution in [0.3, 0.4) is 0 Å². The minimum Gasteiger partial charge on any atom is -0.365 e. The standard InChI is InChI=1S/C17H26F2N4O2S/c1-3-20-17(21-9-5-11-26(2,24)25)22-13-8-10-23(12-13)16-14(18)6-4-7-15(16)19/h4,6-7,13H,3,5,8-12H2,1-2H3,(H2,20,21,22). The average Bonchev–Trinajstić information content (AvgIpc) is 2.99. The summed E-state index contributed by atoms with van der Waals surface area (Å²) in [6, 6.07) is 3.87. The van der Waals surface area contributed by atoms with Gasteiger partial charge in [-0.2, -0.15) is 0 Å². The predicted molar refractivity (Wildman–Crippen MR) is 100 cm³/mol. The van der Waals surface area contributed by atoms with Gasteiger partial charge < -0.3 is 15.5 Å². The van der Waals surface area contributed by atoms with E-state index in [0.29, 0.717) is 38.6 Å². The summed E-state index contributed by atoms with van der Waals surface area (Å²) in [7, 11) is -2.99. The number of nitrogens with one attached hydrogen (secondary N) is 2. The van der Waals surface area contributed by atoms with Crippen LogP contribution in [0.4, 0.5) is 14.5 Å². The van der Waals surface area contributed by atoms with Crippen molar-refractivity contribution >= 4 is 21.5 Å². The van der Waals surface area contributed by atoms with Gasteiger partial charge in [-0.15, -0.1) is 0 Å². The third kappa shape index (κ3) is 6.12. The molecule has 0 spiro atoms. The molecule has 2 N–H and O–H groups in total. The number of halogens is 2. The topological polar surface area (TPSA) is 73.8 Å². The zero-order valence-electron chi connectivity index (χ0n) is 15.1. The first-order valence-electron chi connectivity index (χ1n) is 8.71. The van der Waals surface area contributed by atoms with Crippen molar-refractivity contribution < 1.29 is 17.2 Å². The predicted octanol–water partition coefficient (Wildman–Crippen LogP) is 1.53. The lowest BCUT2D eigenvalue weighted by Crippen LogP contribution is -2.44. The van der Waals surface area contributed by atoms with Gasteiger partial charge in [0.05, 0.1) is 5.75 Å². The highest BCUT2D eigenvalue weighted by atomic mass is 32.2. The van der Waals surface area contributed by atoms with Crippen LogP contribution in [0.2, 0.25) is 0 Å². The second kappa shape index (κ2) is 9.16. The van der Waals surface area contributed by atoms with E-state index in [-0.39, 0.29) is 17.5 Å². The molecular formula is C17H26F2N4O2S. The fourth-order valence-electron chi connectivity index (χ4n) is 2.90. The fraction of sp³-hybridized carbons (Fsp3) is 0.588. The van der Waals surface area contributed by atoms with Gasteiger partial charge in [0.1, 0.15) is 27.2 Å². The summed E-state index contributed by atoms with van der Waals surface area (Å²) in [5.74, 6) is -0.444. The first kappa shape index (κ1) is 20.4. The normalized spacial score (nSPS) is 18.2. The number of hydrogen-bond donors (Lipinski definition) is 2. The molecule has 1 unspecified atom stereocenters. The van der Waals surface area contributed by atoms with Crippen LogP contribution in [0.5, 0.6) is 0 Å². The van der Waals surface area contributed by atoms with Crippen LogP contribution in [0.25, 0.3) is 0 Å². The Kier molecular flexibility index (Phi) is 7.19. The lowest BCUT2D eigenvalue weighted by Gasteiger charge is -2.21. The van der Waals surface area contributed by atoms with E-state index in [0.717, 1.165) is 6.42 Å². The summed E-state index contributed by atoms with van der Waals surface area (Å²) in [4.78, 5) is 6.07. The zero-order chi connectivity index (χ0) is 19.2. The number of hydrogen-bond acceptors (Lipinski definition) is 4. The van der Waals surface area contributed by atoms with Gasteiger partial charge in [0.2, 0.25) is 0 Å². The second-order valence-electron chi connectivity index (χ2n) is 6.39. The van der Waals surface area contributed by atoms with E-state index < -0.39 is 21.5 Å². The van der Waals surface area contributed by atoms with E-state index in [9.17, 15) is 17.2 Å². The molecule has 1 saturated heterocycles. The zero-order valence-corrected chi connectivity index (χ0v) is 16.0. The van der Waals surface area contributed by atoms with Crippen molar-refractivity contribution in [1.29, 1.82) is 0 Å². The van der Waals surface area contributed by atoms with Crippen molar-refractivity contribution in [2.45, 2.75) is 25.8 Å². The molecule has 26 heavy (non-hydrogen) atoms. The number of benzene rings is 1. The largest absolute Gasteiger partial charge is 0.365 e. The molecule has 1 atom stereocenters. The van der Waals surface area contributed by atoms with Crippen molar-refractivity contribution in [3.05, 3.63) is 29.8 Å². The van der Waals surface area contributed by atoms with E-state index >= 15 is 0 Å². The molecule has 0 aliphatic carbocycles. The molecule has 0 bridgehead atoms. The van der Waals surface area contributed by atoms with Gasteiger partial charge in [0.25, 0.3) is 0 Å². The van der Waals surface area contributed by atoms with E-state index in [1.807, 2.05) is 6.92 Å². The molecule has 0 aromatic heterocycles. The molecule has 6 nitrogen and oxygen atoms in total. The number of rotatable bonds is 7. The molecule has 0 saturated carbocycles. The minimum atomic E-state index is -2.99. The molecule has 1 aliphatic rings. The van der Waals surface area contributed by atoms with Gasteiger partial charge in [0.15, 0.2) is 5.96 Å². The van der Waals surface area contributed by atoms with E-state index in [1.165, 1.54) is 24.5 Å². The number of aliphatic imine (C=N–C) groups is 1. The highest BCUT2D eigenvalue weighted by Crippen LogP contribution is 2.26. The van der Waals surface area contributed by atoms with Crippen LogP contribution in [-0.2, 0) is 9.84 Å². The Labute approximate surface area is 153 Å². The maximum atomic E-state index is 13.9. The quantitative estimate of drug-likeness (QED) is 0.421. The van der Waals surface area contributed by atoms with Crippen LogP contribution in [-0.4, -0.2) is 58.6 Å². The highest BCUT2D eigenvalue weighted by molar-refractivity contribution is 7.90. The van der Waals surface area contributed by atoms with Crippen LogP contribution >= 0.6 is 0 Å². The van der Waals surface area contributed by atoms with Gasteiger partial charge in [-0.1, -0.05) is 6.07 Å². The average molecular weight is 388 g/mol. The molecule has 146 valence electrons. The molecule has 1 heterocycles. The lowest BCUT2D eigenvalue weighted by molar-refractivity contribution is 0.575. The monoisotopic (exact) mass is 388 g/mol. The Morgan fingerprint density at radius 3 is 2.65 bits per heavy atom. The molecule has 1 aromatic rings. The van der Waals surface area contributed by atoms with Crippen molar-refractivity contribution in [2.24, 2.45) is 4.99 Å². The highest BCUT2D eigenvalue weighted by Gasteiger charge is 2.27. The Bertz CT molecular complexity index is 720. The molecule has 1 aromatic carbocycles. The SMILES string of the molecule is CCNC(=NCCCS(C)(=O)=O)NC1CCN(c2c(F)cccc2F)C1. The van der Waals surface area contributed by atoms with Crippen molar-refractivity contribution in [2.75, 3.05) is 43.1 Å². The Morgan fingerprint density at radius 2 is 2.04 bits per heavy atom. The van der Waals surface area contributed by atoms with E-state index in [1.54, 1.807) is 4.90 Å². The first-order valence-corrected chi connectivity index (χ1v) is 10.8. The van der Waals surface area contributed by atoms with Crippen molar-refractivity contribution in [1.82, 2.24) is 10.6 Å². The molecule has 1 fully saturated rings. The van der Waals surface area contributed by atoms with Gasteiger partial charge in [-0.25, -0.2) is 17.2 Å². The van der Waals surface area contributed by atoms with Crippen LogP contribution in [0.15, 0.2) is 23.2 Å². The lowest BCUT2D eigenvalue weighted by atomic mass is 10.2. The molecule has 0 amide bonds. The Hall–Kier alpha value is -1.90. The summed E-state index contributed by atoms with van der Waals surface area (Å²) in [5, 5.41) is 6.36. The second-order valence-corrected chi connectivity index (χ2v) is 8.65. The third-order valence-electron chi connectivity index (χ3n) is 4.07. The van der Waals surface area contributed by atoms with Crippen LogP contribution in [0, 0.1) is 11.6 Å². The summed E-state index contributed by atoms with van der Waals surface area (Å²) in [6.45, 7) is 4.00. The number of para-hydroxylation sites is 1. The first-order chi connectivity index (χ1) is 12.3. The summed E-state index contributed by atoms with van der Waals surface area (Å²) < 4.78 is 50.2. The maximum absolute atomic E-state index is 13.9. The summed E-state index contributed by atoms with van der Waals surface area (Å²) >= 11 is 0. The molecule has 0 radical (unpaired) electrons. The molecule has 2 rings (SSSR count). The fourth-order valence-corrected chi connectivity index (χ4v) is 3.56. The number of sulfone groups is 1.